The summed E-state index contributed by atoms with van der Waals surface area (Å²) in [5.41, 5.74) is 7.60. The summed E-state index contributed by atoms with van der Waals surface area (Å²) in [5, 5.41) is 34.3. The lowest BCUT2D eigenvalue weighted by Gasteiger charge is -2.16. The van der Waals surface area contributed by atoms with E-state index < -0.39 is 31.1 Å². The predicted octanol–water partition coefficient (Wildman–Crippen LogP) is 2.02. The molecule has 186 valence electrons. The van der Waals surface area contributed by atoms with Crippen molar-refractivity contribution in [1.82, 2.24) is 29.3 Å². The minimum atomic E-state index is -1.25. The molecule has 0 saturated carbocycles. The van der Waals surface area contributed by atoms with Gasteiger partial charge in [0, 0.05) is 12.7 Å². The fourth-order valence-electron chi connectivity index (χ4n) is 4.37. The van der Waals surface area contributed by atoms with E-state index in [9.17, 15) is 15.3 Å². The third-order valence-corrected chi connectivity index (χ3v) is 6.37. The highest BCUT2D eigenvalue weighted by molar-refractivity contribution is 5.83. The summed E-state index contributed by atoms with van der Waals surface area (Å²) < 4.78 is 9.02. The van der Waals surface area contributed by atoms with E-state index in [0.717, 1.165) is 18.5 Å². The lowest BCUT2D eigenvalue weighted by Crippen LogP contribution is -2.33. The largest absolute Gasteiger partial charge is 0.394 e. The summed E-state index contributed by atoms with van der Waals surface area (Å²) in [4.78, 5) is 13.2. The lowest BCUT2D eigenvalue weighted by atomic mass is 10.1. The van der Waals surface area contributed by atoms with Crippen molar-refractivity contribution in [3.05, 3.63) is 18.7 Å². The Balaban J connectivity index is 1.43. The molecule has 1 fully saturated rings. The number of aliphatic hydroxyl groups is 3. The van der Waals surface area contributed by atoms with Crippen molar-refractivity contribution >= 4 is 17.0 Å². The van der Waals surface area contributed by atoms with Crippen LogP contribution in [-0.2, 0) is 11.3 Å². The number of hydrogen-bond acceptors (Lipinski definition) is 9. The molecule has 11 heteroatoms. The van der Waals surface area contributed by atoms with Crippen molar-refractivity contribution in [3.8, 4) is 11.4 Å². The van der Waals surface area contributed by atoms with Gasteiger partial charge in [0.05, 0.1) is 24.7 Å². The van der Waals surface area contributed by atoms with Gasteiger partial charge in [-0.1, -0.05) is 51.9 Å². The molecule has 34 heavy (non-hydrogen) atoms. The minimum absolute atomic E-state index is 0.196. The molecular weight excluding hydrogens is 438 g/mol. The second-order valence-electron chi connectivity index (χ2n) is 8.95. The Morgan fingerprint density at radius 2 is 1.76 bits per heavy atom. The number of hydrogen-bond donors (Lipinski definition) is 4. The van der Waals surface area contributed by atoms with E-state index in [-0.39, 0.29) is 5.82 Å². The zero-order valence-electron chi connectivity index (χ0n) is 19.6. The Hall–Kier alpha value is -2.60. The number of nitrogens with zero attached hydrogens (tertiary/aromatic N) is 6. The van der Waals surface area contributed by atoms with Gasteiger partial charge < -0.3 is 25.8 Å². The van der Waals surface area contributed by atoms with Crippen LogP contribution in [0.25, 0.3) is 22.6 Å². The van der Waals surface area contributed by atoms with Crippen molar-refractivity contribution in [2.45, 2.75) is 89.4 Å². The molecule has 4 heterocycles. The number of nitrogens with two attached hydrogens (primary N) is 1. The van der Waals surface area contributed by atoms with E-state index in [1.807, 2.05) is 10.9 Å². The minimum Gasteiger partial charge on any atom is -0.394 e. The molecule has 1 aliphatic heterocycles. The van der Waals surface area contributed by atoms with E-state index in [4.69, 9.17) is 10.5 Å². The number of ether oxygens (including phenoxy) is 1. The number of nitrogen functional groups attached to an aromatic ring is 1. The van der Waals surface area contributed by atoms with E-state index in [1.54, 1.807) is 6.20 Å². The molecular formula is C23H35N7O4. The van der Waals surface area contributed by atoms with Crippen LogP contribution in [0.4, 0.5) is 5.82 Å². The molecule has 0 amide bonds. The fraction of sp³-hybridized carbons (Fsp3) is 0.652. The summed E-state index contributed by atoms with van der Waals surface area (Å²) >= 11 is 0. The molecule has 4 rings (SSSR count). The molecule has 11 nitrogen and oxygen atoms in total. The number of rotatable bonds is 12. The van der Waals surface area contributed by atoms with Crippen LogP contribution in [-0.4, -0.2) is 69.5 Å². The van der Waals surface area contributed by atoms with Crippen LogP contribution < -0.4 is 5.73 Å². The van der Waals surface area contributed by atoms with Crippen LogP contribution in [0.1, 0.15) is 64.5 Å². The summed E-state index contributed by atoms with van der Waals surface area (Å²) in [5.74, 6) is 0.585. The van der Waals surface area contributed by atoms with Gasteiger partial charge in [0.1, 0.15) is 23.8 Å². The molecule has 0 bridgehead atoms. The average Bonchev–Trinajstić information content (AvgIpc) is 3.54. The number of anilines is 1. The van der Waals surface area contributed by atoms with Crippen LogP contribution >= 0.6 is 0 Å². The normalized spacial score (nSPS) is 22.7. The van der Waals surface area contributed by atoms with E-state index in [0.29, 0.717) is 17.0 Å². The van der Waals surface area contributed by atoms with E-state index in [2.05, 4.69) is 27.0 Å². The number of aromatic nitrogens is 6. The number of fused-ring (bicyclic) bond motifs is 1. The number of imidazole rings is 1. The molecule has 4 atom stereocenters. The highest BCUT2D eigenvalue weighted by Crippen LogP contribution is 2.32. The topological polar surface area (TPSA) is 157 Å². The summed E-state index contributed by atoms with van der Waals surface area (Å²) in [6, 6.07) is 0. The second-order valence-corrected chi connectivity index (χ2v) is 8.95. The van der Waals surface area contributed by atoms with Crippen LogP contribution in [0.5, 0.6) is 0 Å². The first-order valence-electron chi connectivity index (χ1n) is 12.2. The SMILES string of the molecule is CCCCCCCCCCn1cc(-c2nc(N)c3ncn(C4O[C@@H](CO)[C@H](O)[C@@H]4O)c3n2)cn1. The number of aliphatic hydroxyl groups excluding tert-OH is 3. The molecule has 5 N–H and O–H groups in total. The van der Waals surface area contributed by atoms with Crippen molar-refractivity contribution in [3.63, 3.8) is 0 Å². The van der Waals surface area contributed by atoms with Crippen molar-refractivity contribution < 1.29 is 20.1 Å². The highest BCUT2D eigenvalue weighted by Gasteiger charge is 2.44. The molecule has 0 aliphatic carbocycles. The fourth-order valence-corrected chi connectivity index (χ4v) is 4.37. The van der Waals surface area contributed by atoms with E-state index >= 15 is 0 Å². The van der Waals surface area contributed by atoms with Crippen LogP contribution in [0.15, 0.2) is 18.7 Å². The van der Waals surface area contributed by atoms with Gasteiger partial charge in [-0.05, 0) is 6.42 Å². The molecule has 0 aromatic carbocycles. The highest BCUT2D eigenvalue weighted by atomic mass is 16.6. The predicted molar refractivity (Wildman–Crippen MR) is 127 cm³/mol. The van der Waals surface area contributed by atoms with Crippen LogP contribution in [0.3, 0.4) is 0 Å². The van der Waals surface area contributed by atoms with Gasteiger partial charge in [-0.15, -0.1) is 0 Å². The second kappa shape index (κ2) is 11.2. The third-order valence-electron chi connectivity index (χ3n) is 6.37. The Morgan fingerprint density at radius 1 is 1.03 bits per heavy atom. The molecule has 1 saturated heterocycles. The molecule has 1 aliphatic rings. The molecule has 1 unspecified atom stereocenters. The smallest absolute Gasteiger partial charge is 0.168 e. The third kappa shape index (κ3) is 5.22. The zero-order valence-corrected chi connectivity index (χ0v) is 19.6. The molecule has 0 radical (unpaired) electrons. The number of aryl methyl sites for hydroxylation is 1. The van der Waals surface area contributed by atoms with Gasteiger partial charge in [-0.25, -0.2) is 15.0 Å². The maximum atomic E-state index is 10.4. The van der Waals surface area contributed by atoms with Crippen LogP contribution in [0.2, 0.25) is 0 Å². The van der Waals surface area contributed by atoms with E-state index in [1.165, 1.54) is 55.8 Å². The lowest BCUT2D eigenvalue weighted by molar-refractivity contribution is -0.0511. The number of unbranched alkanes of at least 4 members (excludes halogenated alkanes) is 7. The maximum Gasteiger partial charge on any atom is 0.168 e. The van der Waals surface area contributed by atoms with Crippen LogP contribution in [0, 0.1) is 0 Å². The van der Waals surface area contributed by atoms with Crippen molar-refractivity contribution in [2.75, 3.05) is 12.3 Å². The average molecular weight is 474 g/mol. The van der Waals surface area contributed by atoms with Crippen molar-refractivity contribution in [2.24, 2.45) is 0 Å². The van der Waals surface area contributed by atoms with Gasteiger partial charge in [0.15, 0.2) is 23.5 Å². The summed E-state index contributed by atoms with van der Waals surface area (Å²) in [7, 11) is 0. The Kier molecular flexibility index (Phi) is 8.09. The first-order chi connectivity index (χ1) is 16.5. The van der Waals surface area contributed by atoms with Crippen molar-refractivity contribution in [1.29, 1.82) is 0 Å². The Bertz CT molecular complexity index is 1070. The maximum absolute atomic E-state index is 10.4. The van der Waals surface area contributed by atoms with Gasteiger partial charge >= 0.3 is 0 Å². The molecule has 3 aromatic heterocycles. The Labute approximate surface area is 198 Å². The first kappa shape index (κ1) is 24.5. The van der Waals surface area contributed by atoms with Gasteiger partial charge in [0.2, 0.25) is 0 Å². The monoisotopic (exact) mass is 473 g/mol. The summed E-state index contributed by atoms with van der Waals surface area (Å²) in [6.45, 7) is 2.64. The van der Waals surface area contributed by atoms with Gasteiger partial charge in [-0.3, -0.25) is 9.25 Å². The summed E-state index contributed by atoms with van der Waals surface area (Å²) in [6.07, 6.45) is 10.8. The van der Waals surface area contributed by atoms with Gasteiger partial charge in [0.25, 0.3) is 0 Å². The molecule has 0 spiro atoms. The van der Waals surface area contributed by atoms with Gasteiger partial charge in [-0.2, -0.15) is 5.10 Å². The Morgan fingerprint density at radius 3 is 2.47 bits per heavy atom. The standard InChI is InChI=1S/C23H35N7O4/c1-2-3-4-5-6-7-8-9-10-29-12-15(11-26-29)21-27-20(24)17-22(28-21)30(14-25-17)23-19(33)18(32)16(13-31)34-23/h11-12,14,16,18-19,23,31-33H,2-10,13H2,1H3,(H2,24,27,28)/t16-,18-,19-,23?/m0/s1. The quantitative estimate of drug-likeness (QED) is 0.289. The first-order valence-corrected chi connectivity index (χ1v) is 12.2. The molecule has 3 aromatic rings. The zero-order chi connectivity index (χ0) is 24.1.